The molecular formula is C16H15N3O2. The van der Waals surface area contributed by atoms with E-state index in [4.69, 9.17) is 4.74 Å². The van der Waals surface area contributed by atoms with Gasteiger partial charge in [0.05, 0.1) is 18.3 Å². The van der Waals surface area contributed by atoms with Crippen LogP contribution >= 0.6 is 0 Å². The molecule has 106 valence electrons. The highest BCUT2D eigenvalue weighted by Gasteiger charge is 2.10. The lowest BCUT2D eigenvalue weighted by molar-refractivity contribution is 0.102. The number of fused-ring (bicyclic) bond motifs is 1. The molecule has 0 aliphatic rings. The molecule has 2 aromatic carbocycles. The molecule has 0 fully saturated rings. The number of aromatic nitrogens is 2. The zero-order valence-electron chi connectivity index (χ0n) is 11.6. The van der Waals surface area contributed by atoms with Gasteiger partial charge in [0.2, 0.25) is 0 Å². The second-order valence-electron chi connectivity index (χ2n) is 4.72. The van der Waals surface area contributed by atoms with Crippen molar-refractivity contribution in [3.8, 4) is 0 Å². The van der Waals surface area contributed by atoms with Gasteiger partial charge in [0, 0.05) is 29.3 Å². The number of H-pyrrole nitrogens is 1. The SMILES string of the molecule is COCc1ccccc1NC(=O)c1ccc2cn[nH]c2c1. The van der Waals surface area contributed by atoms with E-state index in [2.05, 4.69) is 15.5 Å². The maximum Gasteiger partial charge on any atom is 0.255 e. The Hall–Kier alpha value is -2.66. The molecule has 0 atom stereocenters. The second kappa shape index (κ2) is 5.76. The number of aromatic amines is 1. The third-order valence-corrected chi connectivity index (χ3v) is 3.27. The first kappa shape index (κ1) is 13.3. The van der Waals surface area contributed by atoms with Gasteiger partial charge in [-0.1, -0.05) is 24.3 Å². The van der Waals surface area contributed by atoms with Gasteiger partial charge in [0.1, 0.15) is 0 Å². The average Bonchev–Trinajstić information content (AvgIpc) is 2.97. The fourth-order valence-electron chi connectivity index (χ4n) is 2.20. The van der Waals surface area contributed by atoms with Crippen molar-refractivity contribution < 1.29 is 9.53 Å². The van der Waals surface area contributed by atoms with E-state index in [1.54, 1.807) is 25.4 Å². The minimum absolute atomic E-state index is 0.157. The van der Waals surface area contributed by atoms with Crippen LogP contribution in [0, 0.1) is 0 Å². The first-order valence-corrected chi connectivity index (χ1v) is 6.59. The lowest BCUT2D eigenvalue weighted by atomic mass is 10.1. The number of hydrogen-bond donors (Lipinski definition) is 2. The van der Waals surface area contributed by atoms with Crippen LogP contribution in [0.5, 0.6) is 0 Å². The van der Waals surface area contributed by atoms with Crippen molar-refractivity contribution in [1.82, 2.24) is 10.2 Å². The summed E-state index contributed by atoms with van der Waals surface area (Å²) in [5.74, 6) is -0.157. The minimum Gasteiger partial charge on any atom is -0.380 e. The number of amides is 1. The van der Waals surface area contributed by atoms with Gasteiger partial charge in [-0.3, -0.25) is 9.89 Å². The molecule has 0 spiro atoms. The van der Waals surface area contributed by atoms with Gasteiger partial charge in [0.15, 0.2) is 0 Å². The summed E-state index contributed by atoms with van der Waals surface area (Å²) in [5.41, 5.74) is 3.12. The quantitative estimate of drug-likeness (QED) is 0.772. The van der Waals surface area contributed by atoms with Gasteiger partial charge >= 0.3 is 0 Å². The van der Waals surface area contributed by atoms with E-state index in [0.717, 1.165) is 22.2 Å². The molecule has 0 aliphatic heterocycles. The van der Waals surface area contributed by atoms with E-state index in [1.807, 2.05) is 30.3 Å². The Balaban J connectivity index is 1.85. The molecule has 0 radical (unpaired) electrons. The molecule has 1 aromatic heterocycles. The van der Waals surface area contributed by atoms with Crippen LogP contribution in [-0.2, 0) is 11.3 Å². The van der Waals surface area contributed by atoms with Crippen LogP contribution in [0.4, 0.5) is 5.69 Å². The van der Waals surface area contributed by atoms with Crippen molar-refractivity contribution in [3.63, 3.8) is 0 Å². The van der Waals surface area contributed by atoms with Crippen molar-refractivity contribution in [1.29, 1.82) is 0 Å². The molecule has 1 amide bonds. The van der Waals surface area contributed by atoms with Crippen molar-refractivity contribution >= 4 is 22.5 Å². The first-order valence-electron chi connectivity index (χ1n) is 6.59. The molecular weight excluding hydrogens is 266 g/mol. The van der Waals surface area contributed by atoms with Crippen molar-refractivity contribution in [2.24, 2.45) is 0 Å². The fourth-order valence-corrected chi connectivity index (χ4v) is 2.20. The molecule has 1 heterocycles. The van der Waals surface area contributed by atoms with Crippen molar-refractivity contribution in [3.05, 3.63) is 59.8 Å². The highest BCUT2D eigenvalue weighted by Crippen LogP contribution is 2.18. The normalized spacial score (nSPS) is 10.7. The molecule has 0 aliphatic carbocycles. The van der Waals surface area contributed by atoms with E-state index in [-0.39, 0.29) is 5.91 Å². The first-order chi connectivity index (χ1) is 10.3. The van der Waals surface area contributed by atoms with Crippen LogP contribution in [0.3, 0.4) is 0 Å². The van der Waals surface area contributed by atoms with E-state index < -0.39 is 0 Å². The van der Waals surface area contributed by atoms with Gasteiger partial charge < -0.3 is 10.1 Å². The number of carbonyl (C=O) groups excluding carboxylic acids is 1. The number of carbonyl (C=O) groups is 1. The number of anilines is 1. The van der Waals surface area contributed by atoms with E-state index in [9.17, 15) is 4.79 Å². The minimum atomic E-state index is -0.157. The summed E-state index contributed by atoms with van der Waals surface area (Å²) in [4.78, 5) is 12.3. The topological polar surface area (TPSA) is 67.0 Å². The molecule has 2 N–H and O–H groups in total. The monoisotopic (exact) mass is 281 g/mol. The Bertz CT molecular complexity index is 780. The third kappa shape index (κ3) is 2.78. The zero-order valence-corrected chi connectivity index (χ0v) is 11.6. The lowest BCUT2D eigenvalue weighted by Crippen LogP contribution is -2.13. The largest absolute Gasteiger partial charge is 0.380 e. The molecule has 3 aromatic rings. The number of nitrogens with zero attached hydrogens (tertiary/aromatic N) is 1. The Labute approximate surface area is 121 Å². The Morgan fingerprint density at radius 3 is 3.00 bits per heavy atom. The summed E-state index contributed by atoms with van der Waals surface area (Å²) < 4.78 is 5.14. The Kier molecular flexibility index (Phi) is 3.66. The van der Waals surface area contributed by atoms with Crippen LogP contribution in [0.1, 0.15) is 15.9 Å². The zero-order chi connectivity index (χ0) is 14.7. The summed E-state index contributed by atoms with van der Waals surface area (Å²) >= 11 is 0. The fraction of sp³-hybridized carbons (Fsp3) is 0.125. The molecule has 21 heavy (non-hydrogen) atoms. The van der Waals surface area contributed by atoms with Crippen molar-refractivity contribution in [2.75, 3.05) is 12.4 Å². The predicted molar refractivity (Wildman–Crippen MR) is 81.2 cm³/mol. The standard InChI is InChI=1S/C16H15N3O2/c1-21-10-13-4-2-3-5-14(13)18-16(20)11-6-7-12-9-17-19-15(12)8-11/h2-9H,10H2,1H3,(H,17,19)(H,18,20). The van der Waals surface area contributed by atoms with Gasteiger partial charge in [-0.2, -0.15) is 5.10 Å². The number of ether oxygens (including phenoxy) is 1. The summed E-state index contributed by atoms with van der Waals surface area (Å²) in [6.07, 6.45) is 1.73. The maximum absolute atomic E-state index is 12.3. The van der Waals surface area contributed by atoms with Gasteiger partial charge in [-0.25, -0.2) is 0 Å². The smallest absolute Gasteiger partial charge is 0.255 e. The number of hydrogen-bond acceptors (Lipinski definition) is 3. The molecule has 3 rings (SSSR count). The molecule has 0 bridgehead atoms. The number of rotatable bonds is 4. The molecule has 0 saturated heterocycles. The number of methoxy groups -OCH3 is 1. The summed E-state index contributed by atoms with van der Waals surface area (Å²) in [7, 11) is 1.63. The summed E-state index contributed by atoms with van der Waals surface area (Å²) in [6.45, 7) is 0.454. The molecule has 5 nitrogen and oxygen atoms in total. The number of para-hydroxylation sites is 1. The number of benzene rings is 2. The predicted octanol–water partition coefficient (Wildman–Crippen LogP) is 2.96. The number of nitrogens with one attached hydrogen (secondary N) is 2. The highest BCUT2D eigenvalue weighted by molar-refractivity contribution is 6.06. The van der Waals surface area contributed by atoms with Gasteiger partial charge in [-0.15, -0.1) is 0 Å². The van der Waals surface area contributed by atoms with Crippen molar-refractivity contribution in [2.45, 2.75) is 6.61 Å². The van der Waals surface area contributed by atoms with Crippen LogP contribution in [0.2, 0.25) is 0 Å². The molecule has 5 heteroatoms. The highest BCUT2D eigenvalue weighted by atomic mass is 16.5. The lowest BCUT2D eigenvalue weighted by Gasteiger charge is -2.10. The van der Waals surface area contributed by atoms with E-state index in [0.29, 0.717) is 12.2 Å². The summed E-state index contributed by atoms with van der Waals surface area (Å²) in [5, 5.41) is 10.7. The van der Waals surface area contributed by atoms with Crippen LogP contribution in [0.25, 0.3) is 10.9 Å². The molecule has 0 saturated carbocycles. The van der Waals surface area contributed by atoms with E-state index in [1.165, 1.54) is 0 Å². The Morgan fingerprint density at radius 2 is 2.14 bits per heavy atom. The van der Waals surface area contributed by atoms with Gasteiger partial charge in [0.25, 0.3) is 5.91 Å². The maximum atomic E-state index is 12.3. The Morgan fingerprint density at radius 1 is 1.29 bits per heavy atom. The van der Waals surface area contributed by atoms with Crippen LogP contribution in [-0.4, -0.2) is 23.2 Å². The third-order valence-electron chi connectivity index (χ3n) is 3.27. The summed E-state index contributed by atoms with van der Waals surface area (Å²) in [6, 6.07) is 13.0. The van der Waals surface area contributed by atoms with Gasteiger partial charge in [-0.05, 0) is 18.2 Å². The second-order valence-corrected chi connectivity index (χ2v) is 4.72. The molecule has 0 unspecified atom stereocenters. The van der Waals surface area contributed by atoms with Crippen LogP contribution < -0.4 is 5.32 Å². The van der Waals surface area contributed by atoms with E-state index >= 15 is 0 Å². The van der Waals surface area contributed by atoms with Crippen LogP contribution in [0.15, 0.2) is 48.7 Å². The average molecular weight is 281 g/mol.